The molecule has 140 valence electrons. The van der Waals surface area contributed by atoms with Crippen molar-refractivity contribution in [1.29, 1.82) is 0 Å². The molecule has 0 aliphatic rings. The summed E-state index contributed by atoms with van der Waals surface area (Å²) in [5, 5.41) is 2.68. The van der Waals surface area contributed by atoms with Crippen LogP contribution >= 0.6 is 24.8 Å². The maximum Gasteiger partial charge on any atom is 0.305 e. The highest BCUT2D eigenvalue weighted by atomic mass is 35.5. The molecule has 0 saturated heterocycles. The van der Waals surface area contributed by atoms with Crippen molar-refractivity contribution in [3.8, 4) is 0 Å². The third kappa shape index (κ3) is 11.2. The van der Waals surface area contributed by atoms with Crippen LogP contribution in [0.3, 0.4) is 0 Å². The SMILES string of the molecule is CCCC(=O)OCCOCCNC(=O)[C@@H](N)Cc1cnc[nH]1.Cl.Cl. The molecule has 0 bridgehead atoms. The van der Waals surface area contributed by atoms with E-state index in [4.69, 9.17) is 15.2 Å². The minimum absolute atomic E-state index is 0. The number of carbonyl (C=O) groups is 2. The van der Waals surface area contributed by atoms with Crippen LogP contribution in [0.2, 0.25) is 0 Å². The Bertz CT molecular complexity index is 446. The summed E-state index contributed by atoms with van der Waals surface area (Å²) in [6, 6.07) is -0.629. The van der Waals surface area contributed by atoms with Crippen LogP contribution in [0, 0.1) is 0 Å². The summed E-state index contributed by atoms with van der Waals surface area (Å²) in [5.74, 6) is -0.461. The molecule has 8 nitrogen and oxygen atoms in total. The Labute approximate surface area is 154 Å². The molecule has 10 heteroatoms. The second-order valence-corrected chi connectivity index (χ2v) is 4.76. The van der Waals surface area contributed by atoms with Crippen LogP contribution in [0.4, 0.5) is 0 Å². The van der Waals surface area contributed by atoms with Crippen molar-refractivity contribution >= 4 is 36.7 Å². The molecule has 0 radical (unpaired) electrons. The van der Waals surface area contributed by atoms with E-state index in [-0.39, 0.29) is 43.3 Å². The lowest BCUT2D eigenvalue weighted by Crippen LogP contribution is -2.43. The van der Waals surface area contributed by atoms with E-state index < -0.39 is 6.04 Å². The Morgan fingerprint density at radius 1 is 1.33 bits per heavy atom. The lowest BCUT2D eigenvalue weighted by Gasteiger charge is -2.11. The zero-order valence-corrected chi connectivity index (χ0v) is 15.3. The number of hydrogen-bond acceptors (Lipinski definition) is 6. The predicted octanol–water partition coefficient (Wildman–Crippen LogP) is 0.599. The number of nitrogens with zero attached hydrogens (tertiary/aromatic N) is 1. The summed E-state index contributed by atoms with van der Waals surface area (Å²) in [6.07, 6.45) is 4.77. The van der Waals surface area contributed by atoms with E-state index in [2.05, 4.69) is 15.3 Å². The number of H-pyrrole nitrogens is 1. The van der Waals surface area contributed by atoms with Gasteiger partial charge in [0.25, 0.3) is 0 Å². The topological polar surface area (TPSA) is 119 Å². The first-order valence-electron chi connectivity index (χ1n) is 7.37. The Morgan fingerprint density at radius 3 is 2.71 bits per heavy atom. The summed E-state index contributed by atoms with van der Waals surface area (Å²) in [5.41, 5.74) is 6.59. The number of aromatic amines is 1. The molecular weight excluding hydrogens is 359 g/mol. The van der Waals surface area contributed by atoms with Gasteiger partial charge in [-0.05, 0) is 6.42 Å². The lowest BCUT2D eigenvalue weighted by molar-refractivity contribution is -0.145. The van der Waals surface area contributed by atoms with Crippen molar-refractivity contribution in [2.45, 2.75) is 32.2 Å². The van der Waals surface area contributed by atoms with Gasteiger partial charge >= 0.3 is 5.97 Å². The smallest absolute Gasteiger partial charge is 0.305 e. The minimum Gasteiger partial charge on any atom is -0.463 e. The largest absolute Gasteiger partial charge is 0.463 e. The first-order chi connectivity index (χ1) is 10.6. The van der Waals surface area contributed by atoms with Gasteiger partial charge in [-0.25, -0.2) is 4.98 Å². The second kappa shape index (κ2) is 15.2. The maximum atomic E-state index is 11.7. The summed E-state index contributed by atoms with van der Waals surface area (Å²) in [7, 11) is 0. The molecule has 1 aromatic rings. The van der Waals surface area contributed by atoms with E-state index in [1.165, 1.54) is 0 Å². The normalized spacial score (nSPS) is 10.9. The van der Waals surface area contributed by atoms with E-state index in [9.17, 15) is 9.59 Å². The average Bonchev–Trinajstić information content (AvgIpc) is 2.99. The predicted molar refractivity (Wildman–Crippen MR) is 94.5 cm³/mol. The molecule has 0 unspecified atom stereocenters. The maximum absolute atomic E-state index is 11.7. The van der Waals surface area contributed by atoms with Crippen LogP contribution in [0.5, 0.6) is 0 Å². The molecular formula is C14H26Cl2N4O4. The van der Waals surface area contributed by atoms with Crippen molar-refractivity contribution in [2.24, 2.45) is 5.73 Å². The second-order valence-electron chi connectivity index (χ2n) is 4.76. The summed E-state index contributed by atoms with van der Waals surface area (Å²) >= 11 is 0. The molecule has 0 spiro atoms. The number of nitrogens with two attached hydrogens (primary N) is 1. The van der Waals surface area contributed by atoms with Crippen molar-refractivity contribution in [2.75, 3.05) is 26.4 Å². The number of hydrogen-bond donors (Lipinski definition) is 3. The summed E-state index contributed by atoms with van der Waals surface area (Å²) < 4.78 is 10.2. The lowest BCUT2D eigenvalue weighted by atomic mass is 10.1. The van der Waals surface area contributed by atoms with Gasteiger partial charge in [0.2, 0.25) is 5.91 Å². The molecule has 0 aliphatic carbocycles. The average molecular weight is 385 g/mol. The number of rotatable bonds is 11. The van der Waals surface area contributed by atoms with E-state index in [1.54, 1.807) is 12.5 Å². The number of esters is 1. The van der Waals surface area contributed by atoms with Gasteiger partial charge in [0.05, 0.1) is 25.6 Å². The van der Waals surface area contributed by atoms with Gasteiger partial charge in [-0.3, -0.25) is 9.59 Å². The van der Waals surface area contributed by atoms with Crippen molar-refractivity contribution in [1.82, 2.24) is 15.3 Å². The van der Waals surface area contributed by atoms with Gasteiger partial charge in [-0.1, -0.05) is 6.92 Å². The van der Waals surface area contributed by atoms with Crippen LogP contribution in [-0.4, -0.2) is 54.3 Å². The highest BCUT2D eigenvalue weighted by Crippen LogP contribution is 1.96. The number of halogens is 2. The number of ether oxygens (including phenoxy) is 2. The van der Waals surface area contributed by atoms with Gasteiger partial charge in [0, 0.05) is 31.3 Å². The van der Waals surface area contributed by atoms with Crippen molar-refractivity contribution < 1.29 is 19.1 Å². The van der Waals surface area contributed by atoms with Crippen molar-refractivity contribution in [3.05, 3.63) is 18.2 Å². The quantitative estimate of drug-likeness (QED) is 0.379. The summed E-state index contributed by atoms with van der Waals surface area (Å²) in [4.78, 5) is 29.6. The number of aromatic nitrogens is 2. The Balaban J connectivity index is 0. The van der Waals surface area contributed by atoms with Gasteiger partial charge in [-0.2, -0.15) is 0 Å². The van der Waals surface area contributed by atoms with Crippen molar-refractivity contribution in [3.63, 3.8) is 0 Å². The molecule has 4 N–H and O–H groups in total. The fraction of sp³-hybridized carbons (Fsp3) is 0.643. The van der Waals surface area contributed by atoms with E-state index in [1.807, 2.05) is 6.92 Å². The Kier molecular flexibility index (Phi) is 15.8. The third-order valence-electron chi connectivity index (χ3n) is 2.82. The minimum atomic E-state index is -0.629. The van der Waals surface area contributed by atoms with Crippen LogP contribution < -0.4 is 11.1 Å². The molecule has 1 atom stereocenters. The Morgan fingerprint density at radius 2 is 2.08 bits per heavy atom. The monoisotopic (exact) mass is 384 g/mol. The first-order valence-corrected chi connectivity index (χ1v) is 7.37. The van der Waals surface area contributed by atoms with E-state index in [0.717, 1.165) is 12.1 Å². The highest BCUT2D eigenvalue weighted by Gasteiger charge is 2.13. The fourth-order valence-corrected chi connectivity index (χ4v) is 1.70. The number of carbonyl (C=O) groups excluding carboxylic acids is 2. The molecule has 0 fully saturated rings. The fourth-order valence-electron chi connectivity index (χ4n) is 1.70. The van der Waals surface area contributed by atoms with Gasteiger partial charge < -0.3 is 25.5 Å². The van der Waals surface area contributed by atoms with Gasteiger partial charge in [0.15, 0.2) is 0 Å². The third-order valence-corrected chi connectivity index (χ3v) is 2.82. The molecule has 1 aromatic heterocycles. The molecule has 24 heavy (non-hydrogen) atoms. The van der Waals surface area contributed by atoms with Crippen LogP contribution in [-0.2, 0) is 25.5 Å². The standard InChI is InChI=1S/C14H24N4O4.2ClH/c1-2-3-13(19)22-7-6-21-5-4-17-14(20)12(15)8-11-9-16-10-18-11;;/h9-10,12H,2-8,15H2,1H3,(H,16,18)(H,17,20);2*1H/t12-;;/m0../s1. The van der Waals surface area contributed by atoms with Crippen LogP contribution in [0.15, 0.2) is 12.5 Å². The van der Waals surface area contributed by atoms with Crippen LogP contribution in [0.1, 0.15) is 25.5 Å². The number of nitrogens with one attached hydrogen (secondary N) is 2. The number of imidazole rings is 1. The Hall–Kier alpha value is -1.35. The molecule has 0 aliphatic heterocycles. The van der Waals surface area contributed by atoms with Gasteiger partial charge in [0.1, 0.15) is 6.61 Å². The zero-order valence-electron chi connectivity index (χ0n) is 13.7. The molecule has 0 saturated carbocycles. The molecule has 1 amide bonds. The highest BCUT2D eigenvalue weighted by molar-refractivity contribution is 5.85. The molecule has 1 rings (SSSR count). The van der Waals surface area contributed by atoms with Gasteiger partial charge in [-0.15, -0.1) is 24.8 Å². The first kappa shape index (κ1) is 24.9. The van der Waals surface area contributed by atoms with E-state index in [0.29, 0.717) is 32.6 Å². The molecule has 0 aromatic carbocycles. The van der Waals surface area contributed by atoms with Crippen LogP contribution in [0.25, 0.3) is 0 Å². The number of amides is 1. The summed E-state index contributed by atoms with van der Waals surface area (Å²) in [6.45, 7) is 3.15. The van der Waals surface area contributed by atoms with E-state index >= 15 is 0 Å². The molecule has 1 heterocycles. The zero-order chi connectivity index (χ0) is 16.2.